The van der Waals surface area contributed by atoms with E-state index in [2.05, 4.69) is 72.8 Å². The Morgan fingerprint density at radius 2 is 0.929 bits per heavy atom. The number of hydrogen-bond donors (Lipinski definition) is 2. The minimum absolute atomic E-state index is 0.0789. The van der Waals surface area contributed by atoms with Crippen LogP contribution in [0.15, 0.2) is 109 Å². The normalized spacial score (nSPS) is 11.3. The van der Waals surface area contributed by atoms with Crippen LogP contribution in [-0.2, 0) is 6.16 Å². The van der Waals surface area contributed by atoms with Gasteiger partial charge in [0.2, 0.25) is 0 Å². The summed E-state index contributed by atoms with van der Waals surface area (Å²) in [6.07, 6.45) is 0.763. The standard InChI is InChI=1S/C25H21O2P/c26-24-17-16-20(18-25(24)27)19-28(21-10-4-1-5-11-21,22-12-6-2-7-13-22)23-14-8-3-9-15-23/h1-18H,19H2,(H-,26,27)/p+1. The molecule has 0 heterocycles. The van der Waals surface area contributed by atoms with Crippen molar-refractivity contribution in [3.8, 4) is 11.5 Å². The third kappa shape index (κ3) is 3.40. The van der Waals surface area contributed by atoms with Crippen molar-refractivity contribution in [1.29, 1.82) is 0 Å². The molecule has 0 aliphatic carbocycles. The first-order valence-electron chi connectivity index (χ1n) is 9.26. The van der Waals surface area contributed by atoms with E-state index in [0.29, 0.717) is 0 Å². The lowest BCUT2D eigenvalue weighted by atomic mass is 10.2. The summed E-state index contributed by atoms with van der Waals surface area (Å²) in [6, 6.07) is 37.0. The molecule has 28 heavy (non-hydrogen) atoms. The highest BCUT2D eigenvalue weighted by Crippen LogP contribution is 2.58. The highest BCUT2D eigenvalue weighted by molar-refractivity contribution is 7.95. The second kappa shape index (κ2) is 7.88. The van der Waals surface area contributed by atoms with Crippen LogP contribution < -0.4 is 15.9 Å². The molecule has 0 spiro atoms. The first-order chi connectivity index (χ1) is 13.7. The van der Waals surface area contributed by atoms with Crippen LogP contribution in [0.2, 0.25) is 0 Å². The molecule has 0 aliphatic heterocycles. The highest BCUT2D eigenvalue weighted by Gasteiger charge is 2.45. The summed E-state index contributed by atoms with van der Waals surface area (Å²) in [5.41, 5.74) is 1.00. The molecule has 4 aromatic rings. The van der Waals surface area contributed by atoms with E-state index in [1.165, 1.54) is 15.9 Å². The Labute approximate surface area is 166 Å². The minimum atomic E-state index is -2.00. The van der Waals surface area contributed by atoms with Gasteiger partial charge in [0.25, 0.3) is 0 Å². The number of phenols is 2. The quantitative estimate of drug-likeness (QED) is 0.390. The summed E-state index contributed by atoms with van der Waals surface area (Å²) < 4.78 is 0. The molecule has 0 fully saturated rings. The van der Waals surface area contributed by atoms with Gasteiger partial charge < -0.3 is 10.2 Å². The van der Waals surface area contributed by atoms with Crippen LogP contribution in [0, 0.1) is 0 Å². The van der Waals surface area contributed by atoms with Crippen molar-refractivity contribution in [3.63, 3.8) is 0 Å². The number of aromatic hydroxyl groups is 2. The van der Waals surface area contributed by atoms with E-state index in [4.69, 9.17) is 0 Å². The lowest BCUT2D eigenvalue weighted by molar-refractivity contribution is 0.403. The van der Waals surface area contributed by atoms with Gasteiger partial charge in [-0.05, 0) is 54.1 Å². The monoisotopic (exact) mass is 385 g/mol. The SMILES string of the molecule is Oc1ccc(C[P+](c2ccccc2)(c2ccccc2)c2ccccc2)cc1O. The Hall–Kier alpha value is -3.09. The van der Waals surface area contributed by atoms with Crippen LogP contribution in [0.5, 0.6) is 11.5 Å². The zero-order valence-corrected chi connectivity index (χ0v) is 16.3. The molecule has 0 amide bonds. The van der Waals surface area contributed by atoms with Gasteiger partial charge >= 0.3 is 0 Å². The van der Waals surface area contributed by atoms with Gasteiger partial charge in [0.15, 0.2) is 11.5 Å². The fourth-order valence-corrected chi connectivity index (χ4v) is 7.94. The van der Waals surface area contributed by atoms with E-state index in [0.717, 1.165) is 11.7 Å². The van der Waals surface area contributed by atoms with Gasteiger partial charge in [-0.15, -0.1) is 0 Å². The van der Waals surface area contributed by atoms with Crippen molar-refractivity contribution < 1.29 is 10.2 Å². The van der Waals surface area contributed by atoms with E-state index >= 15 is 0 Å². The first kappa shape index (κ1) is 18.3. The molecule has 4 rings (SSSR count). The first-order valence-corrected chi connectivity index (χ1v) is 11.2. The van der Waals surface area contributed by atoms with Crippen molar-refractivity contribution in [3.05, 3.63) is 115 Å². The van der Waals surface area contributed by atoms with Crippen molar-refractivity contribution in [2.45, 2.75) is 6.16 Å². The van der Waals surface area contributed by atoms with Crippen LogP contribution in [0.3, 0.4) is 0 Å². The van der Waals surface area contributed by atoms with Crippen LogP contribution in [0.4, 0.5) is 0 Å². The van der Waals surface area contributed by atoms with Crippen molar-refractivity contribution >= 4 is 23.2 Å². The maximum atomic E-state index is 10.1. The molecular formula is C25H22O2P+. The molecule has 0 saturated carbocycles. The van der Waals surface area contributed by atoms with Crippen molar-refractivity contribution in [1.82, 2.24) is 0 Å². The second-order valence-corrected chi connectivity index (χ2v) is 10.3. The second-order valence-electron chi connectivity index (χ2n) is 6.80. The molecular weight excluding hydrogens is 363 g/mol. The van der Waals surface area contributed by atoms with Gasteiger partial charge in [-0.2, -0.15) is 0 Å². The summed E-state index contributed by atoms with van der Waals surface area (Å²) in [7, 11) is -2.00. The van der Waals surface area contributed by atoms with E-state index < -0.39 is 7.26 Å². The molecule has 0 aromatic heterocycles. The summed E-state index contributed by atoms with van der Waals surface area (Å²) in [5.74, 6) is -0.170. The summed E-state index contributed by atoms with van der Waals surface area (Å²) >= 11 is 0. The molecule has 138 valence electrons. The van der Waals surface area contributed by atoms with E-state index in [1.54, 1.807) is 12.1 Å². The van der Waals surface area contributed by atoms with Gasteiger partial charge in [0.1, 0.15) is 23.2 Å². The van der Waals surface area contributed by atoms with Crippen LogP contribution >= 0.6 is 7.26 Å². The maximum Gasteiger partial charge on any atom is 0.157 e. The Kier molecular flexibility index (Phi) is 5.14. The molecule has 0 saturated heterocycles. The molecule has 4 aromatic carbocycles. The summed E-state index contributed by atoms with van der Waals surface area (Å²) in [4.78, 5) is 0. The number of hydrogen-bond acceptors (Lipinski definition) is 2. The molecule has 0 aliphatic rings. The fourth-order valence-electron chi connectivity index (χ4n) is 3.71. The van der Waals surface area contributed by atoms with E-state index in [-0.39, 0.29) is 11.5 Å². The van der Waals surface area contributed by atoms with Gasteiger partial charge in [0.05, 0.1) is 6.16 Å². The molecule has 3 heteroatoms. The third-order valence-corrected chi connectivity index (χ3v) is 9.43. The topological polar surface area (TPSA) is 40.5 Å². The Bertz CT molecular complexity index is 951. The summed E-state index contributed by atoms with van der Waals surface area (Å²) in [5, 5.41) is 23.7. The average Bonchev–Trinajstić information content (AvgIpc) is 2.76. The smallest absolute Gasteiger partial charge is 0.157 e. The Morgan fingerprint density at radius 3 is 1.32 bits per heavy atom. The fraction of sp³-hybridized carbons (Fsp3) is 0.0400. The number of benzene rings is 4. The van der Waals surface area contributed by atoms with Crippen LogP contribution in [0.25, 0.3) is 0 Å². The lowest BCUT2D eigenvalue weighted by Gasteiger charge is -2.28. The zero-order valence-electron chi connectivity index (χ0n) is 15.4. The molecule has 0 unspecified atom stereocenters. The van der Waals surface area contributed by atoms with Crippen LogP contribution in [-0.4, -0.2) is 10.2 Å². The third-order valence-electron chi connectivity index (χ3n) is 5.05. The zero-order chi connectivity index (χ0) is 19.4. The Balaban J connectivity index is 1.99. The predicted molar refractivity (Wildman–Crippen MR) is 119 cm³/mol. The van der Waals surface area contributed by atoms with Gasteiger partial charge in [0, 0.05) is 0 Å². The predicted octanol–water partition coefficient (Wildman–Crippen LogP) is 4.59. The maximum absolute atomic E-state index is 10.1. The average molecular weight is 385 g/mol. The van der Waals surface area contributed by atoms with Gasteiger partial charge in [-0.25, -0.2) is 0 Å². The Morgan fingerprint density at radius 1 is 0.500 bits per heavy atom. The molecule has 0 atom stereocenters. The molecule has 2 nitrogen and oxygen atoms in total. The molecule has 2 N–H and O–H groups in total. The minimum Gasteiger partial charge on any atom is -0.504 e. The highest BCUT2D eigenvalue weighted by atomic mass is 31.2. The van der Waals surface area contributed by atoms with E-state index in [1.807, 2.05) is 24.3 Å². The molecule has 0 bridgehead atoms. The largest absolute Gasteiger partial charge is 0.504 e. The van der Waals surface area contributed by atoms with Crippen molar-refractivity contribution in [2.75, 3.05) is 0 Å². The van der Waals surface area contributed by atoms with Gasteiger partial charge in [-0.3, -0.25) is 0 Å². The lowest BCUT2D eigenvalue weighted by Crippen LogP contribution is -2.32. The van der Waals surface area contributed by atoms with Crippen molar-refractivity contribution in [2.24, 2.45) is 0 Å². The summed E-state index contributed by atoms with van der Waals surface area (Å²) in [6.45, 7) is 0. The van der Waals surface area contributed by atoms with E-state index in [9.17, 15) is 10.2 Å². The number of phenolic OH excluding ortho intramolecular Hbond substituents is 2. The number of rotatable bonds is 5. The van der Waals surface area contributed by atoms with Gasteiger partial charge in [-0.1, -0.05) is 60.7 Å². The van der Waals surface area contributed by atoms with Crippen LogP contribution in [0.1, 0.15) is 5.56 Å². The molecule has 0 radical (unpaired) electrons.